The highest BCUT2D eigenvalue weighted by Crippen LogP contribution is 2.43. The van der Waals surface area contributed by atoms with Crippen LogP contribution in [0.2, 0.25) is 0 Å². The highest BCUT2D eigenvalue weighted by molar-refractivity contribution is 14.1. The predicted molar refractivity (Wildman–Crippen MR) is 63.5 cm³/mol. The number of esters is 1. The van der Waals surface area contributed by atoms with E-state index in [1.54, 1.807) is 6.92 Å². The van der Waals surface area contributed by atoms with Crippen molar-refractivity contribution >= 4 is 34.8 Å². The molecule has 0 N–H and O–H groups in total. The number of rotatable bonds is 5. The molecule has 1 unspecified atom stereocenters. The fraction of sp³-hybridized carbons (Fsp3) is 0.800. The van der Waals surface area contributed by atoms with Gasteiger partial charge in [0.15, 0.2) is 0 Å². The van der Waals surface area contributed by atoms with E-state index in [4.69, 9.17) is 4.74 Å². The topological polar surface area (TPSA) is 43.4 Å². The van der Waals surface area contributed by atoms with Crippen LogP contribution in [-0.2, 0) is 14.3 Å². The van der Waals surface area contributed by atoms with Crippen LogP contribution in [0.1, 0.15) is 27.2 Å². The monoisotopic (exact) mass is 312 g/mol. The van der Waals surface area contributed by atoms with E-state index in [1.807, 2.05) is 13.8 Å². The summed E-state index contributed by atoms with van der Waals surface area (Å²) < 4.78 is 5.55. The molecule has 4 heteroatoms. The number of carbonyl (C=O) groups is 2. The van der Waals surface area contributed by atoms with Crippen molar-refractivity contribution in [2.24, 2.45) is 10.8 Å². The highest BCUT2D eigenvalue weighted by atomic mass is 127. The maximum absolute atomic E-state index is 11.6. The first-order valence-electron chi connectivity index (χ1n) is 4.43. The first kappa shape index (κ1) is 13.9. The quantitative estimate of drug-likeness (QED) is 0.338. The van der Waals surface area contributed by atoms with Gasteiger partial charge >= 0.3 is 5.97 Å². The van der Waals surface area contributed by atoms with Crippen LogP contribution in [0.4, 0.5) is 0 Å². The minimum atomic E-state index is -0.731. The number of carbonyl (C=O) groups excluding carboxylic acids is 2. The summed E-state index contributed by atoms with van der Waals surface area (Å²) in [7, 11) is 1.36. The van der Waals surface area contributed by atoms with E-state index in [-0.39, 0.29) is 17.8 Å². The van der Waals surface area contributed by atoms with Crippen LogP contribution in [-0.4, -0.2) is 23.8 Å². The van der Waals surface area contributed by atoms with Gasteiger partial charge in [-0.2, -0.15) is 0 Å². The lowest BCUT2D eigenvalue weighted by Gasteiger charge is -2.39. The van der Waals surface area contributed by atoms with Crippen LogP contribution in [0.3, 0.4) is 0 Å². The van der Waals surface area contributed by atoms with Gasteiger partial charge in [0.1, 0.15) is 6.29 Å². The zero-order valence-corrected chi connectivity index (χ0v) is 11.3. The average molecular weight is 312 g/mol. The zero-order valence-electron chi connectivity index (χ0n) is 9.09. The summed E-state index contributed by atoms with van der Waals surface area (Å²) in [4.78, 5) is 22.2. The second-order valence-corrected chi connectivity index (χ2v) is 4.97. The van der Waals surface area contributed by atoms with Crippen molar-refractivity contribution in [2.75, 3.05) is 11.5 Å². The molecule has 0 heterocycles. The zero-order chi connectivity index (χ0) is 11.4. The first-order valence-corrected chi connectivity index (χ1v) is 5.96. The molecular weight excluding hydrogens is 295 g/mol. The van der Waals surface area contributed by atoms with Crippen molar-refractivity contribution in [2.45, 2.75) is 27.2 Å². The SMILES string of the molecule is COC(=O)C(C)(CC=O)C(C)(C)CI. The summed E-state index contributed by atoms with van der Waals surface area (Å²) in [6.45, 7) is 5.73. The van der Waals surface area contributed by atoms with Crippen molar-refractivity contribution in [1.29, 1.82) is 0 Å². The Kier molecular flexibility index (Phi) is 5.05. The van der Waals surface area contributed by atoms with Crippen LogP contribution < -0.4 is 0 Å². The second-order valence-electron chi connectivity index (χ2n) is 4.21. The van der Waals surface area contributed by atoms with E-state index in [9.17, 15) is 9.59 Å². The molecular formula is C10H17IO3. The maximum Gasteiger partial charge on any atom is 0.312 e. The van der Waals surface area contributed by atoms with Gasteiger partial charge in [0.2, 0.25) is 0 Å². The lowest BCUT2D eigenvalue weighted by Crippen LogP contribution is -2.44. The third-order valence-corrected chi connectivity index (χ3v) is 4.86. The Balaban J connectivity index is 5.07. The van der Waals surface area contributed by atoms with E-state index < -0.39 is 5.41 Å². The Morgan fingerprint density at radius 2 is 1.93 bits per heavy atom. The molecule has 0 aliphatic carbocycles. The predicted octanol–water partition coefficient (Wildman–Crippen LogP) is 2.22. The van der Waals surface area contributed by atoms with Gasteiger partial charge in [-0.25, -0.2) is 0 Å². The van der Waals surface area contributed by atoms with Crippen molar-refractivity contribution < 1.29 is 14.3 Å². The summed E-state index contributed by atoms with van der Waals surface area (Å²) >= 11 is 2.22. The summed E-state index contributed by atoms with van der Waals surface area (Å²) in [6, 6.07) is 0. The lowest BCUT2D eigenvalue weighted by atomic mass is 9.66. The molecule has 0 aromatic rings. The Morgan fingerprint density at radius 3 is 2.21 bits per heavy atom. The summed E-state index contributed by atoms with van der Waals surface area (Å²) in [5.74, 6) is -0.314. The van der Waals surface area contributed by atoms with E-state index in [0.29, 0.717) is 0 Å². The Hall–Kier alpha value is -0.130. The van der Waals surface area contributed by atoms with Gasteiger partial charge in [-0.3, -0.25) is 4.79 Å². The standard InChI is InChI=1S/C10H17IO3/c1-9(2,7-11)10(3,5-6-12)8(13)14-4/h6H,5,7H2,1-4H3. The molecule has 0 aromatic carbocycles. The minimum Gasteiger partial charge on any atom is -0.469 e. The Morgan fingerprint density at radius 1 is 1.43 bits per heavy atom. The van der Waals surface area contributed by atoms with E-state index in [0.717, 1.165) is 10.7 Å². The third-order valence-electron chi connectivity index (χ3n) is 2.96. The average Bonchev–Trinajstić information content (AvgIpc) is 2.16. The maximum atomic E-state index is 11.6. The smallest absolute Gasteiger partial charge is 0.312 e. The molecule has 0 rings (SSSR count). The number of aldehydes is 1. The number of methoxy groups -OCH3 is 1. The van der Waals surface area contributed by atoms with Crippen molar-refractivity contribution in [3.63, 3.8) is 0 Å². The van der Waals surface area contributed by atoms with Crippen LogP contribution in [0.15, 0.2) is 0 Å². The van der Waals surface area contributed by atoms with Gasteiger partial charge < -0.3 is 9.53 Å². The summed E-state index contributed by atoms with van der Waals surface area (Å²) in [5, 5.41) is 0. The Bertz CT molecular complexity index is 225. The van der Waals surface area contributed by atoms with E-state index in [2.05, 4.69) is 22.6 Å². The second kappa shape index (κ2) is 5.09. The fourth-order valence-corrected chi connectivity index (χ4v) is 2.02. The Labute approximate surface area is 98.7 Å². The number of halogens is 1. The van der Waals surface area contributed by atoms with E-state index in [1.165, 1.54) is 7.11 Å². The van der Waals surface area contributed by atoms with E-state index >= 15 is 0 Å². The number of alkyl halides is 1. The molecule has 0 aliphatic rings. The molecule has 0 amide bonds. The van der Waals surface area contributed by atoms with Crippen molar-refractivity contribution in [3.05, 3.63) is 0 Å². The molecule has 0 fully saturated rings. The number of ether oxygens (including phenoxy) is 1. The normalized spacial score (nSPS) is 15.8. The summed E-state index contributed by atoms with van der Waals surface area (Å²) in [5.41, 5.74) is -0.980. The molecule has 0 radical (unpaired) electrons. The number of hydrogen-bond acceptors (Lipinski definition) is 3. The van der Waals surface area contributed by atoms with Crippen LogP contribution in [0.25, 0.3) is 0 Å². The minimum absolute atomic E-state index is 0.204. The molecule has 1 atom stereocenters. The van der Waals surface area contributed by atoms with Gasteiger partial charge in [-0.15, -0.1) is 0 Å². The molecule has 14 heavy (non-hydrogen) atoms. The van der Waals surface area contributed by atoms with Crippen molar-refractivity contribution in [1.82, 2.24) is 0 Å². The lowest BCUT2D eigenvalue weighted by molar-refractivity contribution is -0.159. The molecule has 0 saturated carbocycles. The number of hydrogen-bond donors (Lipinski definition) is 0. The fourth-order valence-electron chi connectivity index (χ4n) is 1.18. The van der Waals surface area contributed by atoms with Crippen LogP contribution in [0, 0.1) is 10.8 Å². The van der Waals surface area contributed by atoms with Crippen LogP contribution >= 0.6 is 22.6 Å². The first-order chi connectivity index (χ1) is 6.35. The van der Waals surface area contributed by atoms with Gasteiger partial charge in [0.25, 0.3) is 0 Å². The molecule has 0 bridgehead atoms. The van der Waals surface area contributed by atoms with Crippen LogP contribution in [0.5, 0.6) is 0 Å². The molecule has 3 nitrogen and oxygen atoms in total. The van der Waals surface area contributed by atoms with Gasteiger partial charge in [-0.05, 0) is 12.3 Å². The van der Waals surface area contributed by atoms with Gasteiger partial charge in [-0.1, -0.05) is 36.4 Å². The molecule has 0 spiro atoms. The molecule has 0 aliphatic heterocycles. The molecule has 0 saturated heterocycles. The van der Waals surface area contributed by atoms with Gasteiger partial charge in [0, 0.05) is 10.8 Å². The largest absolute Gasteiger partial charge is 0.469 e. The summed E-state index contributed by atoms with van der Waals surface area (Å²) in [6.07, 6.45) is 0.987. The molecule has 0 aromatic heterocycles. The van der Waals surface area contributed by atoms with Crippen molar-refractivity contribution in [3.8, 4) is 0 Å². The third kappa shape index (κ3) is 2.46. The van der Waals surface area contributed by atoms with Gasteiger partial charge in [0.05, 0.1) is 12.5 Å². The highest BCUT2D eigenvalue weighted by Gasteiger charge is 2.47. The molecule has 82 valence electrons.